The number of benzene rings is 3. The van der Waals surface area contributed by atoms with E-state index in [2.05, 4.69) is 5.32 Å². The average Bonchev–Trinajstić information content (AvgIpc) is 3.06. The molecule has 0 saturated carbocycles. The van der Waals surface area contributed by atoms with Crippen molar-refractivity contribution < 1.29 is 9.59 Å². The van der Waals surface area contributed by atoms with Gasteiger partial charge in [0.2, 0.25) is 11.8 Å². The number of para-hydroxylation sites is 1. The smallest absolute Gasteiger partial charge is 0.242 e. The molecule has 1 atom stereocenters. The highest BCUT2D eigenvalue weighted by Gasteiger charge is 2.39. The Kier molecular flexibility index (Phi) is 6.94. The fourth-order valence-electron chi connectivity index (χ4n) is 3.99. The summed E-state index contributed by atoms with van der Waals surface area (Å²) in [4.78, 5) is 32.6. The molecular weight excluding hydrogens is 430 g/mol. The van der Waals surface area contributed by atoms with Gasteiger partial charge in [-0.2, -0.15) is 0 Å². The second-order valence-corrected chi connectivity index (χ2v) is 9.44. The molecular formula is C27H27N3O2S. The lowest BCUT2D eigenvalue weighted by atomic mass is 10.0. The third kappa shape index (κ3) is 5.52. The van der Waals surface area contributed by atoms with Crippen LogP contribution in [0.5, 0.6) is 0 Å². The molecule has 4 rings (SSSR count). The molecule has 3 aromatic carbocycles. The number of hydrogen-bond donors (Lipinski definition) is 1. The van der Waals surface area contributed by atoms with E-state index in [9.17, 15) is 9.59 Å². The van der Waals surface area contributed by atoms with Gasteiger partial charge < -0.3 is 5.32 Å². The Morgan fingerprint density at radius 3 is 2.21 bits per heavy atom. The molecule has 0 aromatic heterocycles. The molecule has 1 heterocycles. The summed E-state index contributed by atoms with van der Waals surface area (Å²) in [5, 5.41) is 3.13. The fourth-order valence-corrected chi connectivity index (χ4v) is 5.14. The summed E-state index contributed by atoms with van der Waals surface area (Å²) in [6.07, 6.45) is 0.0926. The highest BCUT2D eigenvalue weighted by atomic mass is 32.2. The van der Waals surface area contributed by atoms with Crippen LogP contribution in [-0.2, 0) is 16.1 Å². The summed E-state index contributed by atoms with van der Waals surface area (Å²) in [6, 6.07) is 23.5. The molecule has 168 valence electrons. The number of aryl methyl sites for hydroxylation is 3. The van der Waals surface area contributed by atoms with Crippen molar-refractivity contribution in [3.05, 3.63) is 95.1 Å². The van der Waals surface area contributed by atoms with Crippen molar-refractivity contribution in [2.24, 2.45) is 4.99 Å². The minimum absolute atomic E-state index is 0.0916. The van der Waals surface area contributed by atoms with E-state index in [4.69, 9.17) is 4.99 Å². The zero-order valence-corrected chi connectivity index (χ0v) is 19.9. The molecule has 0 aliphatic carbocycles. The number of amidine groups is 1. The van der Waals surface area contributed by atoms with Gasteiger partial charge in [0.25, 0.3) is 0 Å². The van der Waals surface area contributed by atoms with Crippen LogP contribution in [0.25, 0.3) is 0 Å². The van der Waals surface area contributed by atoms with E-state index in [0.29, 0.717) is 11.7 Å². The quantitative estimate of drug-likeness (QED) is 0.511. The van der Waals surface area contributed by atoms with Crippen molar-refractivity contribution >= 4 is 40.1 Å². The van der Waals surface area contributed by atoms with E-state index in [0.717, 1.165) is 33.6 Å². The van der Waals surface area contributed by atoms with E-state index in [-0.39, 0.29) is 18.2 Å². The molecule has 2 amide bonds. The van der Waals surface area contributed by atoms with Crippen molar-refractivity contribution in [1.29, 1.82) is 0 Å². The highest BCUT2D eigenvalue weighted by Crippen LogP contribution is 2.33. The lowest BCUT2D eigenvalue weighted by Crippen LogP contribution is -2.33. The van der Waals surface area contributed by atoms with Crippen LogP contribution in [0.2, 0.25) is 0 Å². The standard InChI is InChI=1S/C27H27N3O2S/c1-18-14-19(2)25(20(3)15-18)29-24(31)16-23-26(32)30(17-21-10-6-4-7-11-21)27(33-23)28-22-12-8-5-9-13-22/h4-15,23H,16-17H2,1-3H3,(H,29,31)/t23-/m1/s1. The van der Waals surface area contributed by atoms with Gasteiger partial charge in [0.15, 0.2) is 5.17 Å². The summed E-state index contributed by atoms with van der Waals surface area (Å²) in [7, 11) is 0. The number of amides is 2. The number of carbonyl (C=O) groups excluding carboxylic acids is 2. The summed E-state index contributed by atoms with van der Waals surface area (Å²) >= 11 is 1.36. The van der Waals surface area contributed by atoms with Crippen LogP contribution in [0, 0.1) is 20.8 Å². The SMILES string of the molecule is Cc1cc(C)c(NC(=O)C[C@H]2SC(=Nc3ccccc3)N(Cc3ccccc3)C2=O)c(C)c1. The number of anilines is 1. The summed E-state index contributed by atoms with van der Waals surface area (Å²) in [6.45, 7) is 6.43. The number of nitrogens with zero attached hydrogens (tertiary/aromatic N) is 2. The van der Waals surface area contributed by atoms with E-state index in [1.54, 1.807) is 4.90 Å². The molecule has 5 nitrogen and oxygen atoms in total. The molecule has 0 spiro atoms. The first-order chi connectivity index (χ1) is 15.9. The van der Waals surface area contributed by atoms with E-state index in [1.807, 2.05) is 93.6 Å². The van der Waals surface area contributed by atoms with Crippen LogP contribution in [0.15, 0.2) is 77.8 Å². The second-order valence-electron chi connectivity index (χ2n) is 8.27. The highest BCUT2D eigenvalue weighted by molar-refractivity contribution is 8.15. The number of hydrogen-bond acceptors (Lipinski definition) is 4. The van der Waals surface area contributed by atoms with Gasteiger partial charge in [-0.15, -0.1) is 0 Å². The maximum Gasteiger partial charge on any atom is 0.242 e. The van der Waals surface area contributed by atoms with Crippen LogP contribution >= 0.6 is 11.8 Å². The first-order valence-electron chi connectivity index (χ1n) is 10.9. The molecule has 1 saturated heterocycles. The van der Waals surface area contributed by atoms with Gasteiger partial charge in [0, 0.05) is 12.1 Å². The topological polar surface area (TPSA) is 61.8 Å². The summed E-state index contributed by atoms with van der Waals surface area (Å²) in [5.74, 6) is -0.262. The second kappa shape index (κ2) is 10.0. The Bertz CT molecular complexity index is 1170. The Morgan fingerprint density at radius 2 is 1.58 bits per heavy atom. The van der Waals surface area contributed by atoms with Crippen LogP contribution < -0.4 is 5.32 Å². The number of carbonyl (C=O) groups is 2. The predicted molar refractivity (Wildman–Crippen MR) is 136 cm³/mol. The maximum atomic E-state index is 13.3. The van der Waals surface area contributed by atoms with Crippen LogP contribution in [0.3, 0.4) is 0 Å². The van der Waals surface area contributed by atoms with Gasteiger partial charge in [-0.1, -0.05) is 78.0 Å². The fraction of sp³-hybridized carbons (Fsp3) is 0.222. The Hall–Kier alpha value is -3.38. The molecule has 1 aliphatic rings. The van der Waals surface area contributed by atoms with Crippen LogP contribution in [-0.4, -0.2) is 27.1 Å². The molecule has 33 heavy (non-hydrogen) atoms. The Labute approximate surface area is 198 Å². The molecule has 6 heteroatoms. The molecule has 1 fully saturated rings. The van der Waals surface area contributed by atoms with Crippen molar-refractivity contribution in [2.45, 2.75) is 39.0 Å². The van der Waals surface area contributed by atoms with E-state index < -0.39 is 5.25 Å². The monoisotopic (exact) mass is 457 g/mol. The lowest BCUT2D eigenvalue weighted by Gasteiger charge is -2.17. The van der Waals surface area contributed by atoms with Gasteiger partial charge in [-0.05, 0) is 49.6 Å². The average molecular weight is 458 g/mol. The van der Waals surface area contributed by atoms with Gasteiger partial charge in [-0.3, -0.25) is 14.5 Å². The van der Waals surface area contributed by atoms with E-state index in [1.165, 1.54) is 11.8 Å². The minimum atomic E-state index is -0.512. The van der Waals surface area contributed by atoms with E-state index >= 15 is 0 Å². The first-order valence-corrected chi connectivity index (χ1v) is 11.8. The Balaban J connectivity index is 1.54. The van der Waals surface area contributed by atoms with Crippen LogP contribution in [0.1, 0.15) is 28.7 Å². The minimum Gasteiger partial charge on any atom is -0.326 e. The van der Waals surface area contributed by atoms with Crippen molar-refractivity contribution in [1.82, 2.24) is 4.90 Å². The van der Waals surface area contributed by atoms with Gasteiger partial charge in [-0.25, -0.2) is 4.99 Å². The molecule has 0 bridgehead atoms. The zero-order valence-electron chi connectivity index (χ0n) is 19.0. The number of rotatable bonds is 6. The number of aliphatic imine (C=N–C) groups is 1. The number of thioether (sulfide) groups is 1. The van der Waals surface area contributed by atoms with Gasteiger partial charge in [0.1, 0.15) is 5.25 Å². The maximum absolute atomic E-state index is 13.3. The predicted octanol–water partition coefficient (Wildman–Crippen LogP) is 5.77. The molecule has 0 radical (unpaired) electrons. The zero-order chi connectivity index (χ0) is 23.4. The normalized spacial score (nSPS) is 16.9. The van der Waals surface area contributed by atoms with Crippen LogP contribution in [0.4, 0.5) is 11.4 Å². The van der Waals surface area contributed by atoms with Gasteiger partial charge in [0.05, 0.1) is 12.2 Å². The number of nitrogens with one attached hydrogen (secondary N) is 1. The largest absolute Gasteiger partial charge is 0.326 e. The van der Waals surface area contributed by atoms with Crippen molar-refractivity contribution in [2.75, 3.05) is 5.32 Å². The molecule has 0 unspecified atom stereocenters. The van der Waals surface area contributed by atoms with Crippen molar-refractivity contribution in [3.63, 3.8) is 0 Å². The lowest BCUT2D eigenvalue weighted by molar-refractivity contribution is -0.128. The first kappa shape index (κ1) is 22.8. The Morgan fingerprint density at radius 1 is 0.970 bits per heavy atom. The van der Waals surface area contributed by atoms with Gasteiger partial charge >= 0.3 is 0 Å². The third-order valence-electron chi connectivity index (χ3n) is 5.50. The summed E-state index contributed by atoms with van der Waals surface area (Å²) < 4.78 is 0. The van der Waals surface area contributed by atoms with Crippen molar-refractivity contribution in [3.8, 4) is 0 Å². The molecule has 1 aliphatic heterocycles. The summed E-state index contributed by atoms with van der Waals surface area (Å²) in [5.41, 5.74) is 5.81. The molecule has 3 aromatic rings. The molecule has 1 N–H and O–H groups in total. The third-order valence-corrected chi connectivity index (χ3v) is 6.67.